The molecule has 0 radical (unpaired) electrons. The molecule has 0 spiro atoms. The summed E-state index contributed by atoms with van der Waals surface area (Å²) in [6, 6.07) is 12.4. The standard InChI is InChI=1S/C49H62N6O6/c1-26(2)37(23-42(56)60-7)47(57)54-28(5)9-19-40(54)38-22-34(24-50-38)36-18-17-35(43-32-15-16-33(21-32)44(36)43)30-11-13-31(14-12-30)39-25-51-46(52-39)41-20-10-29(6)55(41)48(58)45(27(3)4)53-49(59)61-8/h11-14,17-18,24-29,32-33,37,40-41,45H,9-10,15-16,19-23H2,1-8H3,(H,51,52)(H,53,59)/t28-,29-,32?,33?,37-,40-,41?,45-/m0/s1. The topological polar surface area (TPSA) is 146 Å². The van der Waals surface area contributed by atoms with Crippen LogP contribution in [0.4, 0.5) is 4.79 Å². The van der Waals surface area contributed by atoms with E-state index >= 15 is 0 Å². The average Bonchev–Trinajstić information content (AvgIpc) is 4.12. The Bertz CT molecular complexity index is 2240. The van der Waals surface area contributed by atoms with Gasteiger partial charge in [-0.3, -0.25) is 19.4 Å². The van der Waals surface area contributed by atoms with Gasteiger partial charge >= 0.3 is 12.1 Å². The first-order chi connectivity index (χ1) is 29.3. The minimum absolute atomic E-state index is 0.00850. The molecule has 2 aromatic carbocycles. The highest BCUT2D eigenvalue weighted by Crippen LogP contribution is 2.58. The van der Waals surface area contributed by atoms with E-state index in [2.05, 4.69) is 60.5 Å². The van der Waals surface area contributed by atoms with E-state index in [-0.39, 0.29) is 60.2 Å². The summed E-state index contributed by atoms with van der Waals surface area (Å²) < 4.78 is 9.78. The second-order valence-electron chi connectivity index (χ2n) is 18.8. The first kappa shape index (κ1) is 42.4. The molecule has 1 saturated carbocycles. The molecule has 8 atom stereocenters. The Hall–Kier alpha value is -5.26. The molecule has 8 rings (SSSR count). The molecule has 324 valence electrons. The van der Waals surface area contributed by atoms with E-state index in [0.29, 0.717) is 11.8 Å². The van der Waals surface area contributed by atoms with Crippen molar-refractivity contribution in [2.75, 3.05) is 14.2 Å². The zero-order valence-corrected chi connectivity index (χ0v) is 37.0. The Morgan fingerprint density at radius 2 is 1.39 bits per heavy atom. The van der Waals surface area contributed by atoms with Gasteiger partial charge in [0.1, 0.15) is 11.9 Å². The molecule has 2 saturated heterocycles. The van der Waals surface area contributed by atoms with Crippen LogP contribution < -0.4 is 5.32 Å². The maximum Gasteiger partial charge on any atom is 0.407 e. The monoisotopic (exact) mass is 830 g/mol. The van der Waals surface area contributed by atoms with Gasteiger partial charge in [0.15, 0.2) is 0 Å². The number of fused-ring (bicyclic) bond motifs is 5. The van der Waals surface area contributed by atoms with E-state index in [0.717, 1.165) is 54.9 Å². The van der Waals surface area contributed by atoms with Gasteiger partial charge in [0, 0.05) is 30.4 Å². The normalized spacial score (nSPS) is 25.1. The Morgan fingerprint density at radius 1 is 0.770 bits per heavy atom. The molecule has 1 aromatic heterocycles. The van der Waals surface area contributed by atoms with E-state index in [1.54, 1.807) is 0 Å². The number of nitrogens with zero attached hydrogens (tertiary/aromatic N) is 4. The highest BCUT2D eigenvalue weighted by Gasteiger charge is 2.45. The van der Waals surface area contributed by atoms with Crippen LogP contribution in [-0.4, -0.2) is 87.7 Å². The van der Waals surface area contributed by atoms with Gasteiger partial charge in [-0.15, -0.1) is 0 Å². The van der Waals surface area contributed by atoms with Crippen molar-refractivity contribution in [2.24, 2.45) is 22.7 Å². The zero-order valence-electron chi connectivity index (χ0n) is 37.0. The van der Waals surface area contributed by atoms with Gasteiger partial charge in [-0.25, -0.2) is 9.78 Å². The summed E-state index contributed by atoms with van der Waals surface area (Å²) in [5, 5.41) is 2.74. The summed E-state index contributed by atoms with van der Waals surface area (Å²) >= 11 is 0. The SMILES string of the molecule is COC(=O)C[C@H](C(=O)N1[C@@H](C)CC[C@H]1C1=NC=C(c2ccc(-c3ccc(-c4cnc(C5CC[C@H](C)N5C(=O)[C@@H](NC(=O)OC)C(C)C)[nH]4)cc3)c3c2C2CCC3C2)C1)C(C)C. The lowest BCUT2D eigenvalue weighted by atomic mass is 9.80. The van der Waals surface area contributed by atoms with Gasteiger partial charge in [-0.05, 0) is 121 Å². The first-order valence-electron chi connectivity index (χ1n) is 22.4. The van der Waals surface area contributed by atoms with Crippen molar-refractivity contribution in [1.82, 2.24) is 25.1 Å². The number of esters is 1. The number of aromatic nitrogens is 2. The van der Waals surface area contributed by atoms with Crippen LogP contribution in [-0.2, 0) is 23.9 Å². The summed E-state index contributed by atoms with van der Waals surface area (Å²) in [5.41, 5.74) is 10.9. The smallest absolute Gasteiger partial charge is 0.407 e. The van der Waals surface area contributed by atoms with Crippen molar-refractivity contribution in [2.45, 2.75) is 141 Å². The Kier molecular flexibility index (Phi) is 12.0. The average molecular weight is 831 g/mol. The van der Waals surface area contributed by atoms with E-state index in [1.807, 2.05) is 49.9 Å². The van der Waals surface area contributed by atoms with Crippen LogP contribution in [0.3, 0.4) is 0 Å². The molecule has 12 heteroatoms. The van der Waals surface area contributed by atoms with Crippen molar-refractivity contribution in [3.8, 4) is 22.4 Å². The number of amides is 3. The third-order valence-electron chi connectivity index (χ3n) is 14.4. The second kappa shape index (κ2) is 17.2. The van der Waals surface area contributed by atoms with Crippen LogP contribution in [0.5, 0.6) is 0 Å². The first-order valence-corrected chi connectivity index (χ1v) is 22.4. The summed E-state index contributed by atoms with van der Waals surface area (Å²) in [4.78, 5) is 69.6. The molecule has 5 aliphatic rings. The van der Waals surface area contributed by atoms with Crippen LogP contribution in [0, 0.1) is 17.8 Å². The molecule has 3 unspecified atom stereocenters. The maximum atomic E-state index is 14.1. The number of ether oxygens (including phenoxy) is 2. The fourth-order valence-electron chi connectivity index (χ4n) is 11.1. The quantitative estimate of drug-likeness (QED) is 0.173. The Balaban J connectivity index is 0.996. The lowest BCUT2D eigenvalue weighted by Crippen LogP contribution is -2.52. The minimum Gasteiger partial charge on any atom is -0.469 e. The number of carbonyl (C=O) groups excluding carboxylic acids is 4. The summed E-state index contributed by atoms with van der Waals surface area (Å²) in [7, 11) is 2.68. The number of rotatable bonds is 12. The number of nitrogens with one attached hydrogen (secondary N) is 2. The number of H-pyrrole nitrogens is 1. The van der Waals surface area contributed by atoms with Gasteiger partial charge < -0.3 is 29.6 Å². The molecule has 3 amide bonds. The number of imidazole rings is 1. The number of carbonyl (C=O) groups is 4. The van der Waals surface area contributed by atoms with Crippen LogP contribution in [0.1, 0.15) is 140 Å². The summed E-state index contributed by atoms with van der Waals surface area (Å²) in [6.45, 7) is 12.0. The molecule has 2 bridgehead atoms. The molecule has 61 heavy (non-hydrogen) atoms. The summed E-state index contributed by atoms with van der Waals surface area (Å²) in [6.07, 6.45) is 11.1. The maximum absolute atomic E-state index is 14.1. The molecule has 12 nitrogen and oxygen atoms in total. The predicted molar refractivity (Wildman–Crippen MR) is 236 cm³/mol. The summed E-state index contributed by atoms with van der Waals surface area (Å²) in [5.74, 6) is 0.856. The molecule has 4 heterocycles. The zero-order chi connectivity index (χ0) is 43.3. The molecule has 3 aromatic rings. The number of hydrogen-bond donors (Lipinski definition) is 2. The number of methoxy groups -OCH3 is 2. The highest BCUT2D eigenvalue weighted by molar-refractivity contribution is 6.04. The largest absolute Gasteiger partial charge is 0.469 e. The number of benzene rings is 2. The van der Waals surface area contributed by atoms with Crippen LogP contribution in [0.25, 0.3) is 28.0 Å². The molecule has 3 aliphatic heterocycles. The highest BCUT2D eigenvalue weighted by atomic mass is 16.5. The molecule has 3 fully saturated rings. The van der Waals surface area contributed by atoms with Crippen molar-refractivity contribution < 1.29 is 28.7 Å². The molecule has 2 N–H and O–H groups in total. The number of likely N-dealkylation sites (tertiary alicyclic amines) is 2. The minimum atomic E-state index is -0.697. The van der Waals surface area contributed by atoms with Gasteiger partial charge in [0.2, 0.25) is 11.8 Å². The number of aromatic amines is 1. The van der Waals surface area contributed by atoms with E-state index < -0.39 is 18.1 Å². The third-order valence-corrected chi connectivity index (χ3v) is 14.4. The van der Waals surface area contributed by atoms with Gasteiger partial charge in [0.25, 0.3) is 0 Å². The molecular weight excluding hydrogens is 769 g/mol. The van der Waals surface area contributed by atoms with E-state index in [4.69, 9.17) is 19.5 Å². The van der Waals surface area contributed by atoms with E-state index in [9.17, 15) is 19.2 Å². The van der Waals surface area contributed by atoms with Crippen LogP contribution in [0.15, 0.2) is 53.8 Å². The van der Waals surface area contributed by atoms with Crippen molar-refractivity contribution in [3.05, 3.63) is 71.3 Å². The van der Waals surface area contributed by atoms with Crippen molar-refractivity contribution in [3.63, 3.8) is 0 Å². The predicted octanol–water partition coefficient (Wildman–Crippen LogP) is 8.94. The number of allylic oxidation sites excluding steroid dienone is 1. The third kappa shape index (κ3) is 7.91. The van der Waals surface area contributed by atoms with Gasteiger partial charge in [-0.2, -0.15) is 0 Å². The number of aliphatic imine (C=N–C) groups is 1. The van der Waals surface area contributed by atoms with Gasteiger partial charge in [0.05, 0.1) is 50.5 Å². The lowest BCUT2D eigenvalue weighted by Gasteiger charge is -2.33. The van der Waals surface area contributed by atoms with Crippen molar-refractivity contribution >= 4 is 35.2 Å². The van der Waals surface area contributed by atoms with Crippen LogP contribution in [0.2, 0.25) is 0 Å². The molecule has 2 aliphatic carbocycles. The Morgan fingerprint density at radius 3 is 2.03 bits per heavy atom. The Labute approximate surface area is 360 Å². The number of alkyl carbamates (subject to hydrolysis) is 1. The second-order valence-corrected chi connectivity index (χ2v) is 18.8. The molecular formula is C49H62N6O6. The fraction of sp³-hybridized carbons (Fsp3) is 0.551. The van der Waals surface area contributed by atoms with Gasteiger partial charge in [-0.1, -0.05) is 64.1 Å². The number of hydrogen-bond acceptors (Lipinski definition) is 8. The van der Waals surface area contributed by atoms with Crippen molar-refractivity contribution in [1.29, 1.82) is 0 Å². The fourth-order valence-corrected chi connectivity index (χ4v) is 11.1. The lowest BCUT2D eigenvalue weighted by molar-refractivity contribution is -0.148. The van der Waals surface area contributed by atoms with E-state index in [1.165, 1.54) is 66.9 Å². The van der Waals surface area contributed by atoms with Crippen LogP contribution >= 0.6 is 0 Å².